The molecular weight excluding hydrogens is 444 g/mol. The Morgan fingerprint density at radius 2 is 2.12 bits per heavy atom. The number of nitrogens with one attached hydrogen (secondary N) is 1. The standard InChI is InChI=1S/C27H30N4O2S/c1-17(2)26-25(20-9-5-6-10-24(20)33-4)27(18(3)21(15-28)30-26)31-12-11-29-16-22(31)23(32)14-19-8-7-13-34-19/h5-10,13,17,22,29H,11-12,14,16H2,1-4H3. The molecule has 1 aromatic carbocycles. The summed E-state index contributed by atoms with van der Waals surface area (Å²) in [4.78, 5) is 21.6. The Morgan fingerprint density at radius 3 is 2.79 bits per heavy atom. The molecular formula is C27H30N4O2S. The highest BCUT2D eigenvalue weighted by molar-refractivity contribution is 7.10. The van der Waals surface area contributed by atoms with E-state index in [0.717, 1.165) is 45.2 Å². The number of piperazine rings is 1. The highest BCUT2D eigenvalue weighted by Crippen LogP contribution is 2.44. The van der Waals surface area contributed by atoms with Gasteiger partial charge in [-0.25, -0.2) is 4.98 Å². The van der Waals surface area contributed by atoms with Crippen molar-refractivity contribution in [2.75, 3.05) is 31.6 Å². The SMILES string of the molecule is COc1ccccc1-c1c(C(C)C)nc(C#N)c(C)c1N1CCNCC1C(=O)Cc1cccs1. The van der Waals surface area contributed by atoms with Crippen LogP contribution in [0.25, 0.3) is 11.1 Å². The van der Waals surface area contributed by atoms with Crippen molar-refractivity contribution in [3.8, 4) is 22.9 Å². The minimum atomic E-state index is -0.336. The van der Waals surface area contributed by atoms with Crippen LogP contribution in [0.2, 0.25) is 0 Å². The summed E-state index contributed by atoms with van der Waals surface area (Å²) in [5.74, 6) is 0.990. The fourth-order valence-corrected chi connectivity index (χ4v) is 5.36. The Morgan fingerprint density at radius 1 is 1.32 bits per heavy atom. The molecule has 1 fully saturated rings. The molecule has 3 heterocycles. The van der Waals surface area contributed by atoms with Crippen LogP contribution in [-0.2, 0) is 11.2 Å². The number of Topliss-reactive ketones (excluding diaryl/α,β-unsaturated/α-hetero) is 1. The third kappa shape index (κ3) is 4.56. The molecule has 1 aliphatic heterocycles. The Balaban J connectivity index is 1.94. The lowest BCUT2D eigenvalue weighted by molar-refractivity contribution is -0.119. The number of carbonyl (C=O) groups excluding carboxylic acids is 1. The Bertz CT molecular complexity index is 1210. The number of hydrogen-bond donors (Lipinski definition) is 1. The van der Waals surface area contributed by atoms with E-state index in [0.29, 0.717) is 25.2 Å². The molecule has 0 aliphatic carbocycles. The third-order valence-electron chi connectivity index (χ3n) is 6.30. The van der Waals surface area contributed by atoms with Gasteiger partial charge in [0.15, 0.2) is 5.78 Å². The molecule has 1 unspecified atom stereocenters. The van der Waals surface area contributed by atoms with Gasteiger partial charge >= 0.3 is 0 Å². The average molecular weight is 475 g/mol. The topological polar surface area (TPSA) is 78.2 Å². The first-order chi connectivity index (χ1) is 16.5. The van der Waals surface area contributed by atoms with Crippen molar-refractivity contribution in [1.82, 2.24) is 10.3 Å². The lowest BCUT2D eigenvalue weighted by atomic mass is 9.90. The van der Waals surface area contributed by atoms with E-state index in [2.05, 4.69) is 30.1 Å². The van der Waals surface area contributed by atoms with Gasteiger partial charge in [0, 0.05) is 47.6 Å². The van der Waals surface area contributed by atoms with Crippen LogP contribution < -0.4 is 15.0 Å². The maximum atomic E-state index is 13.5. The fourth-order valence-electron chi connectivity index (χ4n) is 4.65. The number of rotatable bonds is 7. The van der Waals surface area contributed by atoms with Crippen molar-refractivity contribution < 1.29 is 9.53 Å². The summed E-state index contributed by atoms with van der Waals surface area (Å²) in [6, 6.07) is 13.8. The molecule has 0 spiro atoms. The van der Waals surface area contributed by atoms with Crippen molar-refractivity contribution in [3.63, 3.8) is 0 Å². The van der Waals surface area contributed by atoms with Gasteiger partial charge in [0.1, 0.15) is 23.6 Å². The molecule has 34 heavy (non-hydrogen) atoms. The van der Waals surface area contributed by atoms with Crippen LogP contribution in [0.1, 0.15) is 41.6 Å². The summed E-state index contributed by atoms with van der Waals surface area (Å²) in [6.45, 7) is 8.09. The number of para-hydroxylation sites is 1. The second kappa shape index (κ2) is 10.4. The highest BCUT2D eigenvalue weighted by Gasteiger charge is 2.34. The molecule has 176 valence electrons. The quantitative estimate of drug-likeness (QED) is 0.534. The van der Waals surface area contributed by atoms with Gasteiger partial charge < -0.3 is 15.0 Å². The minimum absolute atomic E-state index is 0.0783. The molecule has 1 N–H and O–H groups in total. The first-order valence-corrected chi connectivity index (χ1v) is 12.4. The van der Waals surface area contributed by atoms with Crippen molar-refractivity contribution >= 4 is 22.8 Å². The molecule has 0 saturated carbocycles. The number of nitriles is 1. The van der Waals surface area contributed by atoms with E-state index >= 15 is 0 Å². The van der Waals surface area contributed by atoms with Crippen molar-refractivity contribution in [2.45, 2.75) is 39.2 Å². The van der Waals surface area contributed by atoms with Crippen molar-refractivity contribution in [1.29, 1.82) is 5.26 Å². The maximum absolute atomic E-state index is 13.5. The van der Waals surface area contributed by atoms with Crippen LogP contribution in [0, 0.1) is 18.3 Å². The number of methoxy groups -OCH3 is 1. The van der Waals surface area contributed by atoms with Crippen LogP contribution >= 0.6 is 11.3 Å². The zero-order chi connectivity index (χ0) is 24.2. The second-order valence-electron chi connectivity index (χ2n) is 8.80. The molecule has 0 bridgehead atoms. The predicted molar refractivity (Wildman–Crippen MR) is 137 cm³/mol. The maximum Gasteiger partial charge on any atom is 0.161 e. The van der Waals surface area contributed by atoms with Gasteiger partial charge in [-0.3, -0.25) is 4.79 Å². The number of aromatic nitrogens is 1. The molecule has 0 amide bonds. The molecule has 6 nitrogen and oxygen atoms in total. The number of carbonyl (C=O) groups is 1. The van der Waals surface area contributed by atoms with Crippen molar-refractivity contribution in [2.24, 2.45) is 0 Å². The summed E-state index contributed by atoms with van der Waals surface area (Å²) in [6.07, 6.45) is 0.400. The Labute approximate surface area is 205 Å². The average Bonchev–Trinajstić information content (AvgIpc) is 3.36. The number of nitrogens with zero attached hydrogens (tertiary/aromatic N) is 3. The van der Waals surface area contributed by atoms with E-state index in [1.165, 1.54) is 0 Å². The molecule has 7 heteroatoms. The fraction of sp³-hybridized carbons (Fsp3) is 0.370. The van der Waals surface area contributed by atoms with Crippen LogP contribution in [0.5, 0.6) is 5.75 Å². The van der Waals surface area contributed by atoms with Crippen LogP contribution in [-0.4, -0.2) is 43.6 Å². The summed E-state index contributed by atoms with van der Waals surface area (Å²) in [7, 11) is 1.66. The Kier molecular flexibility index (Phi) is 7.30. The van der Waals surface area contributed by atoms with Crippen LogP contribution in [0.4, 0.5) is 5.69 Å². The van der Waals surface area contributed by atoms with Gasteiger partial charge in [-0.2, -0.15) is 5.26 Å². The van der Waals surface area contributed by atoms with Crippen molar-refractivity contribution in [3.05, 3.63) is 63.6 Å². The number of anilines is 1. The summed E-state index contributed by atoms with van der Waals surface area (Å²) in [5, 5.41) is 15.3. The largest absolute Gasteiger partial charge is 0.496 e. The molecule has 2 aromatic heterocycles. The molecule has 1 saturated heterocycles. The van der Waals surface area contributed by atoms with E-state index in [1.807, 2.05) is 48.7 Å². The normalized spacial score (nSPS) is 15.9. The first-order valence-electron chi connectivity index (χ1n) is 11.6. The van der Waals surface area contributed by atoms with E-state index in [-0.39, 0.29) is 17.7 Å². The lowest BCUT2D eigenvalue weighted by Gasteiger charge is -2.40. The summed E-state index contributed by atoms with van der Waals surface area (Å²) in [5.41, 5.74) is 4.81. The van der Waals surface area contributed by atoms with Crippen LogP contribution in [0.15, 0.2) is 41.8 Å². The van der Waals surface area contributed by atoms with E-state index in [9.17, 15) is 10.1 Å². The molecule has 0 radical (unpaired) electrons. The van der Waals surface area contributed by atoms with E-state index in [1.54, 1.807) is 18.4 Å². The van der Waals surface area contributed by atoms with E-state index in [4.69, 9.17) is 9.72 Å². The van der Waals surface area contributed by atoms with Gasteiger partial charge in [-0.1, -0.05) is 38.1 Å². The van der Waals surface area contributed by atoms with Gasteiger partial charge in [-0.15, -0.1) is 11.3 Å². The minimum Gasteiger partial charge on any atom is -0.496 e. The van der Waals surface area contributed by atoms with Gasteiger partial charge in [0.25, 0.3) is 0 Å². The summed E-state index contributed by atoms with van der Waals surface area (Å²) < 4.78 is 5.73. The first kappa shape index (κ1) is 23.9. The smallest absolute Gasteiger partial charge is 0.161 e. The molecule has 4 rings (SSSR count). The number of ether oxygens (including phenoxy) is 1. The molecule has 1 atom stereocenters. The zero-order valence-corrected chi connectivity index (χ0v) is 20.9. The van der Waals surface area contributed by atoms with E-state index < -0.39 is 0 Å². The number of ketones is 1. The zero-order valence-electron chi connectivity index (χ0n) is 20.1. The Hall–Kier alpha value is -3.21. The van der Waals surface area contributed by atoms with Gasteiger partial charge in [0.05, 0.1) is 18.5 Å². The number of hydrogen-bond acceptors (Lipinski definition) is 7. The lowest BCUT2D eigenvalue weighted by Crippen LogP contribution is -2.56. The summed E-state index contributed by atoms with van der Waals surface area (Å²) >= 11 is 1.60. The highest BCUT2D eigenvalue weighted by atomic mass is 32.1. The van der Waals surface area contributed by atoms with Crippen LogP contribution in [0.3, 0.4) is 0 Å². The third-order valence-corrected chi connectivity index (χ3v) is 7.17. The molecule has 1 aliphatic rings. The second-order valence-corrected chi connectivity index (χ2v) is 9.83. The number of thiophene rings is 1. The predicted octanol–water partition coefficient (Wildman–Crippen LogP) is 4.71. The number of pyridine rings is 1. The monoisotopic (exact) mass is 474 g/mol. The van der Waals surface area contributed by atoms with Gasteiger partial charge in [0.2, 0.25) is 0 Å². The van der Waals surface area contributed by atoms with Gasteiger partial charge in [-0.05, 0) is 30.4 Å². The molecule has 3 aromatic rings. The number of benzene rings is 1.